The van der Waals surface area contributed by atoms with Gasteiger partial charge in [-0.1, -0.05) is 35.5 Å². The molecule has 0 aliphatic heterocycles. The third-order valence-electron chi connectivity index (χ3n) is 2.05. The lowest BCUT2D eigenvalue weighted by Crippen LogP contribution is -1.89. The molecule has 1 heterocycles. The van der Waals surface area contributed by atoms with Crippen LogP contribution >= 0.6 is 0 Å². The van der Waals surface area contributed by atoms with Gasteiger partial charge in [-0.05, 0) is 6.42 Å². The number of aliphatic hydroxyl groups is 1. The summed E-state index contributed by atoms with van der Waals surface area (Å²) in [5.41, 5.74) is 0.941. The van der Waals surface area contributed by atoms with Crippen LogP contribution in [0.2, 0.25) is 0 Å². The van der Waals surface area contributed by atoms with Crippen LogP contribution in [0.3, 0.4) is 0 Å². The average Bonchev–Trinajstić information content (AvgIpc) is 2.76. The van der Waals surface area contributed by atoms with Gasteiger partial charge >= 0.3 is 0 Å². The number of nitrogens with zero attached hydrogens (tertiary/aromatic N) is 2. The molecule has 2 rings (SSSR count). The molecule has 0 radical (unpaired) electrons. The first-order valence-electron chi connectivity index (χ1n) is 4.89. The van der Waals surface area contributed by atoms with Crippen LogP contribution in [0.5, 0.6) is 0 Å². The smallest absolute Gasteiger partial charge is 0.227 e. The molecule has 2 aromatic rings. The quantitative estimate of drug-likeness (QED) is 0.822. The summed E-state index contributed by atoms with van der Waals surface area (Å²) in [4.78, 5) is 4.23. The van der Waals surface area contributed by atoms with Gasteiger partial charge in [-0.15, -0.1) is 0 Å². The maximum absolute atomic E-state index is 8.66. The SMILES string of the molecule is OCCCc1nc(-c2ccccc2)no1. The number of hydrogen-bond acceptors (Lipinski definition) is 4. The van der Waals surface area contributed by atoms with Gasteiger partial charge in [0.25, 0.3) is 0 Å². The van der Waals surface area contributed by atoms with E-state index in [-0.39, 0.29) is 6.61 Å². The lowest BCUT2D eigenvalue weighted by Gasteiger charge is -1.90. The van der Waals surface area contributed by atoms with E-state index in [2.05, 4.69) is 10.1 Å². The standard InChI is InChI=1S/C11H12N2O2/c14-8-4-7-10-12-11(13-15-10)9-5-2-1-3-6-9/h1-3,5-6,14H,4,7-8H2. The fourth-order valence-electron chi connectivity index (χ4n) is 1.29. The largest absolute Gasteiger partial charge is 0.396 e. The molecule has 4 nitrogen and oxygen atoms in total. The molecule has 0 fully saturated rings. The van der Waals surface area contributed by atoms with Crippen molar-refractivity contribution in [2.75, 3.05) is 6.61 Å². The molecule has 4 heteroatoms. The molecule has 0 aliphatic carbocycles. The Morgan fingerprint density at radius 2 is 2.00 bits per heavy atom. The van der Waals surface area contributed by atoms with Gasteiger partial charge in [0, 0.05) is 18.6 Å². The summed E-state index contributed by atoms with van der Waals surface area (Å²) >= 11 is 0. The van der Waals surface area contributed by atoms with Crippen molar-refractivity contribution in [2.45, 2.75) is 12.8 Å². The Hall–Kier alpha value is -1.68. The summed E-state index contributed by atoms with van der Waals surface area (Å²) in [5, 5.41) is 12.5. The molecule has 15 heavy (non-hydrogen) atoms. The van der Waals surface area contributed by atoms with Gasteiger partial charge in [0.05, 0.1) is 0 Å². The van der Waals surface area contributed by atoms with E-state index in [0.29, 0.717) is 24.6 Å². The summed E-state index contributed by atoms with van der Waals surface area (Å²) in [7, 11) is 0. The summed E-state index contributed by atoms with van der Waals surface area (Å²) in [6.07, 6.45) is 1.27. The number of benzene rings is 1. The number of aryl methyl sites for hydroxylation is 1. The van der Waals surface area contributed by atoms with Gasteiger partial charge in [0.2, 0.25) is 11.7 Å². The monoisotopic (exact) mass is 204 g/mol. The molecule has 0 bridgehead atoms. The highest BCUT2D eigenvalue weighted by Gasteiger charge is 2.06. The lowest BCUT2D eigenvalue weighted by atomic mass is 10.2. The van der Waals surface area contributed by atoms with E-state index in [9.17, 15) is 0 Å². The maximum Gasteiger partial charge on any atom is 0.227 e. The topological polar surface area (TPSA) is 59.2 Å². The molecule has 0 saturated heterocycles. The van der Waals surface area contributed by atoms with Crippen LogP contribution in [-0.4, -0.2) is 21.9 Å². The number of rotatable bonds is 4. The van der Waals surface area contributed by atoms with Crippen molar-refractivity contribution < 1.29 is 9.63 Å². The van der Waals surface area contributed by atoms with Crippen LogP contribution in [0, 0.1) is 0 Å². The zero-order chi connectivity index (χ0) is 10.5. The Labute approximate surface area is 87.6 Å². The third-order valence-corrected chi connectivity index (χ3v) is 2.05. The van der Waals surface area contributed by atoms with Crippen LogP contribution in [0.1, 0.15) is 12.3 Å². The maximum atomic E-state index is 8.66. The normalized spacial score (nSPS) is 10.5. The van der Waals surface area contributed by atoms with Crippen molar-refractivity contribution in [3.63, 3.8) is 0 Å². The van der Waals surface area contributed by atoms with Gasteiger partial charge in [-0.2, -0.15) is 4.98 Å². The Morgan fingerprint density at radius 3 is 2.73 bits per heavy atom. The van der Waals surface area contributed by atoms with Crippen LogP contribution < -0.4 is 0 Å². The first-order chi connectivity index (χ1) is 7.40. The van der Waals surface area contributed by atoms with Crippen LogP contribution in [0.25, 0.3) is 11.4 Å². The van der Waals surface area contributed by atoms with Crippen LogP contribution in [0.4, 0.5) is 0 Å². The first kappa shape index (κ1) is 9.86. The zero-order valence-electron chi connectivity index (χ0n) is 8.26. The third kappa shape index (κ3) is 2.41. The van der Waals surface area contributed by atoms with Gasteiger partial charge in [0.1, 0.15) is 0 Å². The molecule has 0 saturated carbocycles. The molecule has 1 aromatic carbocycles. The molecule has 1 aromatic heterocycles. The summed E-state index contributed by atoms with van der Waals surface area (Å²) in [5.74, 6) is 1.17. The number of aliphatic hydroxyl groups excluding tert-OH is 1. The second-order valence-electron chi connectivity index (χ2n) is 3.20. The highest BCUT2D eigenvalue weighted by Crippen LogP contribution is 2.15. The lowest BCUT2D eigenvalue weighted by molar-refractivity contribution is 0.278. The molecule has 0 atom stereocenters. The highest BCUT2D eigenvalue weighted by atomic mass is 16.5. The van der Waals surface area contributed by atoms with Crippen LogP contribution in [-0.2, 0) is 6.42 Å². The Bertz CT molecular complexity index is 412. The Kier molecular flexibility index (Phi) is 3.09. The number of hydrogen-bond donors (Lipinski definition) is 1. The first-order valence-corrected chi connectivity index (χ1v) is 4.89. The minimum absolute atomic E-state index is 0.142. The summed E-state index contributed by atoms with van der Waals surface area (Å²) < 4.78 is 5.05. The van der Waals surface area contributed by atoms with E-state index < -0.39 is 0 Å². The fourth-order valence-corrected chi connectivity index (χ4v) is 1.29. The number of aromatic nitrogens is 2. The van der Waals surface area contributed by atoms with Crippen molar-refractivity contribution in [2.24, 2.45) is 0 Å². The Balaban J connectivity index is 2.14. The fraction of sp³-hybridized carbons (Fsp3) is 0.273. The zero-order valence-corrected chi connectivity index (χ0v) is 8.26. The second kappa shape index (κ2) is 4.70. The molecule has 1 N–H and O–H groups in total. The molecule has 0 aliphatic rings. The minimum Gasteiger partial charge on any atom is -0.396 e. The van der Waals surface area contributed by atoms with Crippen molar-refractivity contribution >= 4 is 0 Å². The van der Waals surface area contributed by atoms with E-state index in [1.807, 2.05) is 30.3 Å². The van der Waals surface area contributed by atoms with E-state index in [0.717, 1.165) is 5.56 Å². The Morgan fingerprint density at radius 1 is 1.20 bits per heavy atom. The van der Waals surface area contributed by atoms with Crippen molar-refractivity contribution in [1.82, 2.24) is 10.1 Å². The predicted molar refractivity (Wildman–Crippen MR) is 55.1 cm³/mol. The van der Waals surface area contributed by atoms with Crippen molar-refractivity contribution in [1.29, 1.82) is 0 Å². The van der Waals surface area contributed by atoms with Gasteiger partial charge < -0.3 is 9.63 Å². The van der Waals surface area contributed by atoms with Gasteiger partial charge in [-0.3, -0.25) is 0 Å². The van der Waals surface area contributed by atoms with Gasteiger partial charge in [0.15, 0.2) is 0 Å². The molecular weight excluding hydrogens is 192 g/mol. The van der Waals surface area contributed by atoms with E-state index in [1.165, 1.54) is 0 Å². The van der Waals surface area contributed by atoms with E-state index in [1.54, 1.807) is 0 Å². The minimum atomic E-state index is 0.142. The van der Waals surface area contributed by atoms with Gasteiger partial charge in [-0.25, -0.2) is 0 Å². The predicted octanol–water partition coefficient (Wildman–Crippen LogP) is 1.66. The molecule has 0 amide bonds. The molecule has 0 spiro atoms. The average molecular weight is 204 g/mol. The molecule has 78 valence electrons. The van der Waals surface area contributed by atoms with E-state index >= 15 is 0 Å². The van der Waals surface area contributed by atoms with Crippen molar-refractivity contribution in [3.8, 4) is 11.4 Å². The molecular formula is C11H12N2O2. The second-order valence-corrected chi connectivity index (χ2v) is 3.20. The van der Waals surface area contributed by atoms with Crippen molar-refractivity contribution in [3.05, 3.63) is 36.2 Å². The molecule has 0 unspecified atom stereocenters. The van der Waals surface area contributed by atoms with E-state index in [4.69, 9.17) is 9.63 Å². The highest BCUT2D eigenvalue weighted by molar-refractivity contribution is 5.53. The summed E-state index contributed by atoms with van der Waals surface area (Å²) in [6.45, 7) is 0.142. The van der Waals surface area contributed by atoms with Crippen LogP contribution in [0.15, 0.2) is 34.9 Å². The summed E-state index contributed by atoms with van der Waals surface area (Å²) in [6, 6.07) is 9.66.